The highest BCUT2D eigenvalue weighted by Gasteiger charge is 2.16. The molecule has 0 spiro atoms. The van der Waals surface area contributed by atoms with E-state index in [1.54, 1.807) is 6.07 Å². The predicted octanol–water partition coefficient (Wildman–Crippen LogP) is 6.20. The van der Waals surface area contributed by atoms with Crippen molar-refractivity contribution < 1.29 is 0 Å². The molecule has 0 radical (unpaired) electrons. The lowest BCUT2D eigenvalue weighted by Gasteiger charge is -2.03. The molecule has 0 atom stereocenters. The summed E-state index contributed by atoms with van der Waals surface area (Å²) >= 11 is 0. The van der Waals surface area contributed by atoms with Crippen molar-refractivity contribution in [3.63, 3.8) is 0 Å². The van der Waals surface area contributed by atoms with Gasteiger partial charge in [-0.3, -0.25) is 9.59 Å². The van der Waals surface area contributed by atoms with Gasteiger partial charge in [0.15, 0.2) is 10.9 Å². The molecular formula is C28H14O2. The fourth-order valence-corrected chi connectivity index (χ4v) is 5.03. The number of benzene rings is 5. The van der Waals surface area contributed by atoms with Crippen molar-refractivity contribution in [2.45, 2.75) is 0 Å². The summed E-state index contributed by atoms with van der Waals surface area (Å²) in [5.74, 6) is 0. The lowest BCUT2D eigenvalue weighted by atomic mass is 10.0. The first kappa shape index (κ1) is 15.8. The minimum atomic E-state index is 0.00150. The van der Waals surface area contributed by atoms with Crippen LogP contribution in [0, 0.1) is 0 Å². The van der Waals surface area contributed by atoms with Crippen molar-refractivity contribution >= 4 is 64.6 Å². The summed E-state index contributed by atoms with van der Waals surface area (Å²) in [4.78, 5) is 26.1. The first-order chi connectivity index (χ1) is 14.7. The minimum Gasteiger partial charge on any atom is -0.289 e. The van der Waals surface area contributed by atoms with E-state index < -0.39 is 0 Å². The fraction of sp³-hybridized carbons (Fsp3) is 0. The van der Waals surface area contributed by atoms with E-state index in [4.69, 9.17) is 0 Å². The van der Waals surface area contributed by atoms with E-state index in [1.165, 1.54) is 5.39 Å². The number of rotatable bonds is 0. The van der Waals surface area contributed by atoms with Crippen molar-refractivity contribution in [1.29, 1.82) is 0 Å². The second-order valence-electron chi connectivity index (χ2n) is 8.09. The third-order valence-corrected chi connectivity index (χ3v) is 6.48. The normalized spacial score (nSPS) is 12.3. The Kier molecular flexibility index (Phi) is 2.80. The van der Waals surface area contributed by atoms with Gasteiger partial charge in [0.05, 0.1) is 0 Å². The zero-order valence-electron chi connectivity index (χ0n) is 15.9. The molecule has 2 nitrogen and oxygen atoms in total. The van der Waals surface area contributed by atoms with Crippen molar-refractivity contribution in [1.82, 2.24) is 0 Å². The summed E-state index contributed by atoms with van der Waals surface area (Å²) in [6, 6.07) is 28.2. The van der Waals surface area contributed by atoms with Crippen LogP contribution in [0.4, 0.5) is 0 Å². The van der Waals surface area contributed by atoms with Gasteiger partial charge in [-0.2, -0.15) is 0 Å². The van der Waals surface area contributed by atoms with Gasteiger partial charge in [-0.1, -0.05) is 48.5 Å². The van der Waals surface area contributed by atoms with Crippen LogP contribution in [-0.4, -0.2) is 0 Å². The molecule has 7 aromatic rings. The van der Waals surface area contributed by atoms with Crippen LogP contribution < -0.4 is 10.9 Å². The molecular weight excluding hydrogens is 368 g/mol. The van der Waals surface area contributed by atoms with Crippen molar-refractivity contribution in [2.75, 3.05) is 0 Å². The van der Waals surface area contributed by atoms with E-state index >= 15 is 0 Å². The Morgan fingerprint density at radius 2 is 0.767 bits per heavy atom. The second kappa shape index (κ2) is 5.31. The van der Waals surface area contributed by atoms with Gasteiger partial charge in [0.1, 0.15) is 0 Å². The standard InChI is InChI=1S/C28H14O2/c29-27-20-8-4-3-7-19(20)22-13-23-21-11-17-9-15-5-1-2-6-16(15)10-18(17)12-24(21)28(30)26(23)14-25(22)27/h1-14H. The Balaban J connectivity index is 1.69. The largest absolute Gasteiger partial charge is 0.289 e. The SMILES string of the molecule is O=c1c2ccccc2c2cc3c(cc12)c(=O)c1cc2cc4ccccc4cc2cc13. The van der Waals surface area contributed by atoms with E-state index in [0.29, 0.717) is 16.2 Å². The van der Waals surface area contributed by atoms with E-state index in [9.17, 15) is 9.59 Å². The molecule has 0 saturated heterocycles. The molecule has 2 heteroatoms. The molecule has 30 heavy (non-hydrogen) atoms. The van der Waals surface area contributed by atoms with E-state index in [1.807, 2.05) is 48.5 Å². The minimum absolute atomic E-state index is 0.00150. The van der Waals surface area contributed by atoms with Crippen molar-refractivity contribution in [2.24, 2.45) is 0 Å². The Bertz CT molecular complexity index is 1930. The second-order valence-corrected chi connectivity index (χ2v) is 8.09. The highest BCUT2D eigenvalue weighted by Crippen LogP contribution is 2.34. The zero-order valence-corrected chi connectivity index (χ0v) is 15.9. The molecule has 0 amide bonds. The topological polar surface area (TPSA) is 34.1 Å². The lowest BCUT2D eigenvalue weighted by Crippen LogP contribution is -1.96. The Labute approximate surface area is 170 Å². The highest BCUT2D eigenvalue weighted by molar-refractivity contribution is 6.23. The van der Waals surface area contributed by atoms with Gasteiger partial charge < -0.3 is 0 Å². The molecule has 7 rings (SSSR count). The molecule has 0 aliphatic carbocycles. The maximum Gasteiger partial charge on any atom is 0.194 e. The summed E-state index contributed by atoms with van der Waals surface area (Å²) in [6.45, 7) is 0. The van der Waals surface area contributed by atoms with Gasteiger partial charge in [0.2, 0.25) is 0 Å². The quantitative estimate of drug-likeness (QED) is 0.293. The molecule has 0 fully saturated rings. The predicted molar refractivity (Wildman–Crippen MR) is 126 cm³/mol. The third-order valence-electron chi connectivity index (χ3n) is 6.48. The molecule has 0 heterocycles. The molecule has 0 aliphatic heterocycles. The third kappa shape index (κ3) is 1.88. The summed E-state index contributed by atoms with van der Waals surface area (Å²) in [5.41, 5.74) is 0.00480. The molecule has 138 valence electrons. The van der Waals surface area contributed by atoms with Gasteiger partial charge in [0, 0.05) is 21.5 Å². The van der Waals surface area contributed by atoms with E-state index in [-0.39, 0.29) is 10.9 Å². The molecule has 7 aromatic carbocycles. The summed E-state index contributed by atoms with van der Waals surface area (Å²) in [6.07, 6.45) is 0. The number of fused-ring (bicyclic) bond motifs is 8. The van der Waals surface area contributed by atoms with Crippen LogP contribution in [0.25, 0.3) is 64.6 Å². The van der Waals surface area contributed by atoms with Crippen molar-refractivity contribution in [3.05, 3.63) is 105 Å². The van der Waals surface area contributed by atoms with Gasteiger partial charge in [0.25, 0.3) is 0 Å². The van der Waals surface area contributed by atoms with Gasteiger partial charge in [-0.25, -0.2) is 0 Å². The smallest absolute Gasteiger partial charge is 0.194 e. The molecule has 0 unspecified atom stereocenters. The van der Waals surface area contributed by atoms with Gasteiger partial charge in [-0.15, -0.1) is 0 Å². The summed E-state index contributed by atoms with van der Waals surface area (Å²) in [7, 11) is 0. The Morgan fingerprint density at radius 1 is 0.333 bits per heavy atom. The maximum atomic E-state index is 13.3. The van der Waals surface area contributed by atoms with E-state index in [2.05, 4.69) is 30.3 Å². The first-order valence-corrected chi connectivity index (χ1v) is 10.0. The van der Waals surface area contributed by atoms with Crippen LogP contribution in [-0.2, 0) is 0 Å². The zero-order chi connectivity index (χ0) is 20.0. The molecule has 0 N–H and O–H groups in total. The Morgan fingerprint density at radius 3 is 1.47 bits per heavy atom. The van der Waals surface area contributed by atoms with Crippen LogP contribution in [0.3, 0.4) is 0 Å². The fourth-order valence-electron chi connectivity index (χ4n) is 5.03. The summed E-state index contributed by atoms with van der Waals surface area (Å²) < 4.78 is 0. The average molecular weight is 382 g/mol. The van der Waals surface area contributed by atoms with Crippen LogP contribution in [0.5, 0.6) is 0 Å². The van der Waals surface area contributed by atoms with Gasteiger partial charge >= 0.3 is 0 Å². The average Bonchev–Trinajstić information content (AvgIpc) is 3.21. The number of hydrogen-bond donors (Lipinski definition) is 0. The summed E-state index contributed by atoms with van der Waals surface area (Å²) in [5, 5.41) is 11.0. The van der Waals surface area contributed by atoms with Gasteiger partial charge in [-0.05, 0) is 79.5 Å². The lowest BCUT2D eigenvalue weighted by molar-refractivity contribution is 1.79. The molecule has 0 aromatic heterocycles. The van der Waals surface area contributed by atoms with Crippen LogP contribution in [0.15, 0.2) is 94.5 Å². The molecule has 0 bridgehead atoms. The first-order valence-electron chi connectivity index (χ1n) is 10.0. The van der Waals surface area contributed by atoms with Crippen LogP contribution in [0.2, 0.25) is 0 Å². The van der Waals surface area contributed by atoms with Crippen LogP contribution >= 0.6 is 0 Å². The highest BCUT2D eigenvalue weighted by atomic mass is 16.1. The number of hydrogen-bond acceptors (Lipinski definition) is 2. The molecule has 0 saturated carbocycles. The maximum absolute atomic E-state index is 13.3. The Hall–Kier alpha value is -4.04. The molecule has 0 aliphatic rings. The van der Waals surface area contributed by atoms with E-state index in [0.717, 1.165) is 43.1 Å². The van der Waals surface area contributed by atoms with Crippen molar-refractivity contribution in [3.8, 4) is 0 Å². The van der Waals surface area contributed by atoms with Crippen LogP contribution in [0.1, 0.15) is 0 Å². The monoisotopic (exact) mass is 382 g/mol.